The molecule has 0 saturated carbocycles. The van der Waals surface area contributed by atoms with Gasteiger partial charge in [-0.15, -0.1) is 0 Å². The van der Waals surface area contributed by atoms with Gasteiger partial charge in [0.25, 0.3) is 0 Å². The molecule has 0 amide bonds. The largest absolute Gasteiger partial charge is 0.478 e. The van der Waals surface area contributed by atoms with E-state index in [2.05, 4.69) is 6.92 Å². The second-order valence-corrected chi connectivity index (χ2v) is 6.59. The van der Waals surface area contributed by atoms with Crippen LogP contribution in [0.3, 0.4) is 0 Å². The second-order valence-electron chi connectivity index (χ2n) is 6.59. The monoisotopic (exact) mass is 296 g/mol. The van der Waals surface area contributed by atoms with Crippen LogP contribution in [0.1, 0.15) is 98.3 Å². The molecule has 0 bridgehead atoms. The molecule has 0 aromatic heterocycles. The minimum absolute atomic E-state index is 0.182. The fraction of sp³-hybridized carbons (Fsp3) is 0.842. The van der Waals surface area contributed by atoms with Crippen molar-refractivity contribution in [2.24, 2.45) is 5.92 Å². The first-order valence-electron chi connectivity index (χ1n) is 8.91. The Hall–Kier alpha value is -0.790. The lowest BCUT2D eigenvalue weighted by Crippen LogP contribution is -2.11. The molecule has 2 nitrogen and oxygen atoms in total. The Balaban J connectivity index is 3.59. The van der Waals surface area contributed by atoms with Crippen molar-refractivity contribution in [2.45, 2.75) is 98.3 Å². The van der Waals surface area contributed by atoms with Gasteiger partial charge < -0.3 is 5.11 Å². The number of carboxylic acids is 1. The number of hydrogen-bond donors (Lipinski definition) is 1. The van der Waals surface area contributed by atoms with Crippen molar-refractivity contribution in [1.29, 1.82) is 0 Å². The summed E-state index contributed by atoms with van der Waals surface area (Å²) in [5, 5.41) is 9.22. The SMILES string of the molecule is CCCCCCCCCCCCC(C)C(C(=O)O)=C(C)C. The highest BCUT2D eigenvalue weighted by molar-refractivity contribution is 5.87. The van der Waals surface area contributed by atoms with Gasteiger partial charge in [0.05, 0.1) is 0 Å². The molecule has 0 aliphatic rings. The van der Waals surface area contributed by atoms with Crippen LogP contribution in [-0.4, -0.2) is 11.1 Å². The van der Waals surface area contributed by atoms with Gasteiger partial charge in [-0.2, -0.15) is 0 Å². The highest BCUT2D eigenvalue weighted by atomic mass is 16.4. The van der Waals surface area contributed by atoms with Gasteiger partial charge in [0.1, 0.15) is 0 Å². The van der Waals surface area contributed by atoms with Crippen LogP contribution in [0.4, 0.5) is 0 Å². The highest BCUT2D eigenvalue weighted by Crippen LogP contribution is 2.22. The lowest BCUT2D eigenvalue weighted by molar-refractivity contribution is -0.133. The van der Waals surface area contributed by atoms with Gasteiger partial charge in [0.15, 0.2) is 0 Å². The summed E-state index contributed by atoms with van der Waals surface area (Å²) in [5.74, 6) is -0.559. The minimum atomic E-state index is -0.741. The van der Waals surface area contributed by atoms with E-state index in [1.54, 1.807) is 0 Å². The summed E-state index contributed by atoms with van der Waals surface area (Å²) in [4.78, 5) is 11.2. The topological polar surface area (TPSA) is 37.3 Å². The zero-order chi connectivity index (χ0) is 16.1. The third-order valence-electron chi connectivity index (χ3n) is 4.25. The Morgan fingerprint density at radius 2 is 1.29 bits per heavy atom. The van der Waals surface area contributed by atoms with E-state index in [1.165, 1.54) is 57.8 Å². The molecule has 0 spiro atoms. The van der Waals surface area contributed by atoms with Gasteiger partial charge in [0, 0.05) is 5.57 Å². The van der Waals surface area contributed by atoms with E-state index in [4.69, 9.17) is 0 Å². The molecule has 0 aromatic rings. The Morgan fingerprint density at radius 1 is 0.857 bits per heavy atom. The normalized spacial score (nSPS) is 12.2. The van der Waals surface area contributed by atoms with Gasteiger partial charge in [-0.25, -0.2) is 4.79 Å². The Morgan fingerprint density at radius 3 is 1.67 bits per heavy atom. The molecule has 0 aliphatic carbocycles. The van der Waals surface area contributed by atoms with Crippen LogP contribution in [-0.2, 0) is 4.79 Å². The van der Waals surface area contributed by atoms with E-state index in [0.29, 0.717) is 5.57 Å². The molecule has 0 fully saturated rings. The van der Waals surface area contributed by atoms with Crippen LogP contribution in [0.15, 0.2) is 11.1 Å². The predicted octanol–water partition coefficient (Wildman–Crippen LogP) is 6.35. The van der Waals surface area contributed by atoms with Crippen molar-refractivity contribution in [3.63, 3.8) is 0 Å². The quantitative estimate of drug-likeness (QED) is 0.317. The summed E-state index contributed by atoms with van der Waals surface area (Å²) >= 11 is 0. The number of unbranched alkanes of at least 4 members (excludes halogenated alkanes) is 9. The van der Waals surface area contributed by atoms with Crippen molar-refractivity contribution >= 4 is 5.97 Å². The molecule has 2 heteroatoms. The first kappa shape index (κ1) is 20.2. The van der Waals surface area contributed by atoms with E-state index in [1.807, 2.05) is 20.8 Å². The summed E-state index contributed by atoms with van der Waals surface area (Å²) in [6.07, 6.45) is 14.3. The zero-order valence-corrected chi connectivity index (χ0v) is 14.7. The summed E-state index contributed by atoms with van der Waals surface area (Å²) in [6.45, 7) is 8.10. The Labute approximate surface area is 132 Å². The van der Waals surface area contributed by atoms with E-state index in [0.717, 1.165) is 18.4 Å². The summed E-state index contributed by atoms with van der Waals surface area (Å²) in [6, 6.07) is 0. The van der Waals surface area contributed by atoms with Crippen LogP contribution in [0, 0.1) is 5.92 Å². The van der Waals surface area contributed by atoms with Gasteiger partial charge in [0.2, 0.25) is 0 Å². The zero-order valence-electron chi connectivity index (χ0n) is 14.7. The fourth-order valence-electron chi connectivity index (χ4n) is 3.00. The summed E-state index contributed by atoms with van der Waals surface area (Å²) in [7, 11) is 0. The molecule has 0 heterocycles. The molecule has 124 valence electrons. The van der Waals surface area contributed by atoms with Crippen molar-refractivity contribution < 1.29 is 9.90 Å². The highest BCUT2D eigenvalue weighted by Gasteiger charge is 2.16. The minimum Gasteiger partial charge on any atom is -0.478 e. The van der Waals surface area contributed by atoms with Crippen LogP contribution in [0.25, 0.3) is 0 Å². The molecule has 0 saturated heterocycles. The van der Waals surface area contributed by atoms with Gasteiger partial charge >= 0.3 is 5.97 Å². The molecular weight excluding hydrogens is 260 g/mol. The summed E-state index contributed by atoms with van der Waals surface area (Å²) < 4.78 is 0. The Bertz CT molecular complexity index is 301. The molecule has 1 atom stereocenters. The van der Waals surface area contributed by atoms with Crippen LogP contribution >= 0.6 is 0 Å². The number of carboxylic acid groups (broad SMARTS) is 1. The average molecular weight is 296 g/mol. The maximum Gasteiger partial charge on any atom is 0.331 e. The Kier molecular flexibility index (Phi) is 12.4. The van der Waals surface area contributed by atoms with E-state index >= 15 is 0 Å². The predicted molar refractivity (Wildman–Crippen MR) is 91.6 cm³/mol. The van der Waals surface area contributed by atoms with Crippen molar-refractivity contribution in [1.82, 2.24) is 0 Å². The van der Waals surface area contributed by atoms with Gasteiger partial charge in [-0.1, -0.05) is 83.6 Å². The molecule has 0 rings (SSSR count). The molecule has 0 radical (unpaired) electrons. The molecular formula is C19H36O2. The maximum atomic E-state index is 11.2. The van der Waals surface area contributed by atoms with E-state index in [9.17, 15) is 9.90 Å². The van der Waals surface area contributed by atoms with E-state index < -0.39 is 5.97 Å². The van der Waals surface area contributed by atoms with Gasteiger partial charge in [-0.05, 0) is 26.2 Å². The van der Waals surface area contributed by atoms with Gasteiger partial charge in [-0.3, -0.25) is 0 Å². The van der Waals surface area contributed by atoms with Crippen molar-refractivity contribution in [3.05, 3.63) is 11.1 Å². The molecule has 21 heavy (non-hydrogen) atoms. The standard InChI is InChI=1S/C19H36O2/c1-5-6-7-8-9-10-11-12-13-14-15-17(4)18(16(2)3)19(20)21/h17H,5-15H2,1-4H3,(H,20,21). The molecule has 0 aliphatic heterocycles. The maximum absolute atomic E-state index is 11.2. The number of allylic oxidation sites excluding steroid dienone is 1. The average Bonchev–Trinajstić information content (AvgIpc) is 2.40. The lowest BCUT2D eigenvalue weighted by Gasteiger charge is -2.14. The first-order chi connectivity index (χ1) is 10.0. The molecule has 1 unspecified atom stereocenters. The number of hydrogen-bond acceptors (Lipinski definition) is 1. The second kappa shape index (κ2) is 12.9. The third kappa shape index (κ3) is 10.6. The fourth-order valence-corrected chi connectivity index (χ4v) is 3.00. The van der Waals surface area contributed by atoms with Crippen LogP contribution in [0.5, 0.6) is 0 Å². The molecule has 1 N–H and O–H groups in total. The number of carbonyl (C=O) groups is 1. The van der Waals surface area contributed by atoms with E-state index in [-0.39, 0.29) is 5.92 Å². The first-order valence-corrected chi connectivity index (χ1v) is 8.91. The smallest absolute Gasteiger partial charge is 0.331 e. The van der Waals surface area contributed by atoms with Crippen molar-refractivity contribution in [2.75, 3.05) is 0 Å². The number of aliphatic carboxylic acids is 1. The molecule has 0 aromatic carbocycles. The lowest BCUT2D eigenvalue weighted by atomic mass is 9.91. The third-order valence-corrected chi connectivity index (χ3v) is 4.25. The van der Waals surface area contributed by atoms with Crippen LogP contribution in [0.2, 0.25) is 0 Å². The number of rotatable bonds is 13. The van der Waals surface area contributed by atoms with Crippen LogP contribution < -0.4 is 0 Å². The van der Waals surface area contributed by atoms with Crippen molar-refractivity contribution in [3.8, 4) is 0 Å². The summed E-state index contributed by atoms with van der Waals surface area (Å²) in [5.41, 5.74) is 1.56.